The molecular formula is C25H29N5O3S. The third-order valence-corrected chi connectivity index (χ3v) is 9.23. The summed E-state index contributed by atoms with van der Waals surface area (Å²) >= 11 is 0. The quantitative estimate of drug-likeness (QED) is 0.482. The highest BCUT2D eigenvalue weighted by molar-refractivity contribution is 7.90. The predicted molar refractivity (Wildman–Crippen MR) is 130 cm³/mol. The summed E-state index contributed by atoms with van der Waals surface area (Å²) in [5.41, 5.74) is 2.19. The number of nitrogens with zero attached hydrogens (tertiary/aromatic N) is 5. The van der Waals surface area contributed by atoms with Crippen molar-refractivity contribution in [3.8, 4) is 0 Å². The van der Waals surface area contributed by atoms with Gasteiger partial charge in [-0.1, -0.05) is 18.2 Å². The van der Waals surface area contributed by atoms with E-state index in [-0.39, 0.29) is 11.0 Å². The zero-order valence-electron chi connectivity index (χ0n) is 19.2. The second kappa shape index (κ2) is 8.18. The number of pyridine rings is 1. The molecule has 0 radical (unpaired) electrons. The van der Waals surface area contributed by atoms with Crippen molar-refractivity contribution in [2.24, 2.45) is 0 Å². The van der Waals surface area contributed by atoms with Gasteiger partial charge >= 0.3 is 0 Å². The minimum atomic E-state index is -3.74. The molecule has 1 aliphatic heterocycles. The Morgan fingerprint density at radius 2 is 1.74 bits per heavy atom. The summed E-state index contributed by atoms with van der Waals surface area (Å²) in [4.78, 5) is 12.0. The van der Waals surface area contributed by atoms with Gasteiger partial charge in [0.1, 0.15) is 11.3 Å². The van der Waals surface area contributed by atoms with Gasteiger partial charge in [0.2, 0.25) is 0 Å². The lowest BCUT2D eigenvalue weighted by molar-refractivity contribution is 0.132. The van der Waals surface area contributed by atoms with Crippen molar-refractivity contribution in [2.45, 2.75) is 62.1 Å². The van der Waals surface area contributed by atoms with Crippen molar-refractivity contribution in [2.75, 3.05) is 13.1 Å². The van der Waals surface area contributed by atoms with Gasteiger partial charge in [0.15, 0.2) is 5.65 Å². The number of imidazole rings is 1. The van der Waals surface area contributed by atoms with Crippen LogP contribution >= 0.6 is 0 Å². The molecule has 1 N–H and O–H groups in total. The molecule has 4 heterocycles. The van der Waals surface area contributed by atoms with E-state index in [0.29, 0.717) is 17.7 Å². The van der Waals surface area contributed by atoms with Gasteiger partial charge in [-0.15, -0.1) is 0 Å². The monoisotopic (exact) mass is 479 g/mol. The van der Waals surface area contributed by atoms with Crippen LogP contribution in [0.25, 0.3) is 22.1 Å². The molecule has 4 aromatic rings. The molecule has 0 spiro atoms. The number of rotatable bonds is 4. The molecule has 2 fully saturated rings. The molecule has 8 nitrogen and oxygen atoms in total. The average molecular weight is 480 g/mol. The Bertz CT molecular complexity index is 1450. The molecule has 0 bridgehead atoms. The molecule has 1 atom stereocenters. The van der Waals surface area contributed by atoms with Gasteiger partial charge in [-0.25, -0.2) is 22.4 Å². The van der Waals surface area contributed by atoms with E-state index in [0.717, 1.165) is 67.4 Å². The summed E-state index contributed by atoms with van der Waals surface area (Å²) in [5.74, 6) is 0.933. The molecule has 6 rings (SSSR count). The second-order valence-electron chi connectivity index (χ2n) is 9.59. The molecule has 0 amide bonds. The van der Waals surface area contributed by atoms with Crippen LogP contribution in [0.5, 0.6) is 0 Å². The number of hydrogen-bond donors (Lipinski definition) is 1. The van der Waals surface area contributed by atoms with E-state index in [2.05, 4.69) is 14.5 Å². The van der Waals surface area contributed by atoms with Gasteiger partial charge in [0.25, 0.3) is 10.0 Å². The molecule has 9 heteroatoms. The Morgan fingerprint density at radius 1 is 1.00 bits per heavy atom. The average Bonchev–Trinajstić information content (AvgIpc) is 3.56. The molecule has 178 valence electrons. The summed E-state index contributed by atoms with van der Waals surface area (Å²) in [6.45, 7) is 3.80. The Balaban J connectivity index is 1.37. The summed E-state index contributed by atoms with van der Waals surface area (Å²) in [6, 6.07) is 11.1. The van der Waals surface area contributed by atoms with E-state index in [4.69, 9.17) is 4.98 Å². The maximum atomic E-state index is 13.3. The number of likely N-dealkylation sites (tertiary alicyclic amines) is 1. The van der Waals surface area contributed by atoms with E-state index in [1.807, 2.05) is 13.0 Å². The van der Waals surface area contributed by atoms with Crippen LogP contribution in [0, 0.1) is 6.92 Å². The van der Waals surface area contributed by atoms with Crippen molar-refractivity contribution < 1.29 is 13.5 Å². The number of fused-ring (bicyclic) bond motifs is 3. The van der Waals surface area contributed by atoms with E-state index in [1.54, 1.807) is 42.7 Å². The van der Waals surface area contributed by atoms with Crippen molar-refractivity contribution in [1.82, 2.24) is 23.4 Å². The first-order valence-corrected chi connectivity index (χ1v) is 13.4. The number of aliphatic hydroxyl groups is 1. The van der Waals surface area contributed by atoms with Crippen molar-refractivity contribution in [3.05, 3.63) is 54.6 Å². The largest absolute Gasteiger partial charge is 0.392 e. The van der Waals surface area contributed by atoms with Gasteiger partial charge < -0.3 is 9.67 Å². The van der Waals surface area contributed by atoms with Crippen molar-refractivity contribution >= 4 is 32.1 Å². The number of hydrogen-bond acceptors (Lipinski definition) is 6. The lowest BCUT2D eigenvalue weighted by Crippen LogP contribution is -2.37. The summed E-state index contributed by atoms with van der Waals surface area (Å²) < 4.78 is 30.2. The fourth-order valence-corrected chi connectivity index (χ4v) is 7.21. The molecular weight excluding hydrogens is 450 g/mol. The summed E-state index contributed by atoms with van der Waals surface area (Å²) in [7, 11) is -3.74. The number of aliphatic hydroxyl groups excluding tert-OH is 1. The molecule has 34 heavy (non-hydrogen) atoms. The fraction of sp³-hybridized carbons (Fsp3) is 0.440. The van der Waals surface area contributed by atoms with Crippen LogP contribution in [0.2, 0.25) is 0 Å². The molecule has 1 saturated heterocycles. The van der Waals surface area contributed by atoms with E-state index in [1.165, 1.54) is 3.97 Å². The minimum Gasteiger partial charge on any atom is -0.392 e. The summed E-state index contributed by atoms with van der Waals surface area (Å²) in [6.07, 6.45) is 8.24. The number of aryl methyl sites for hydroxylation is 1. The van der Waals surface area contributed by atoms with E-state index < -0.39 is 10.0 Å². The first-order valence-electron chi connectivity index (χ1n) is 12.0. The van der Waals surface area contributed by atoms with Gasteiger partial charge in [-0.3, -0.25) is 4.90 Å². The first kappa shape index (κ1) is 21.8. The lowest BCUT2D eigenvalue weighted by Gasteiger charge is -2.35. The number of β-amino-alcohol motifs (C(OH)–C–C–N with tert-alkyl or cyclic N) is 1. The highest BCUT2D eigenvalue weighted by Crippen LogP contribution is 2.37. The Hall–Kier alpha value is -2.75. The molecule has 1 aromatic carbocycles. The highest BCUT2D eigenvalue weighted by atomic mass is 32.2. The second-order valence-corrected chi connectivity index (χ2v) is 11.4. The van der Waals surface area contributed by atoms with Crippen molar-refractivity contribution in [1.29, 1.82) is 0 Å². The maximum Gasteiger partial charge on any atom is 0.269 e. The third kappa shape index (κ3) is 3.45. The molecule has 1 saturated carbocycles. The van der Waals surface area contributed by atoms with Crippen LogP contribution in [0.3, 0.4) is 0 Å². The van der Waals surface area contributed by atoms with Crippen LogP contribution in [-0.4, -0.2) is 62.2 Å². The van der Waals surface area contributed by atoms with Crippen LogP contribution < -0.4 is 0 Å². The molecule has 2 aliphatic rings. The Kier molecular flexibility index (Phi) is 5.24. The third-order valence-electron chi connectivity index (χ3n) is 7.55. The van der Waals surface area contributed by atoms with E-state index in [9.17, 15) is 13.5 Å². The topological polar surface area (TPSA) is 93.2 Å². The maximum absolute atomic E-state index is 13.3. The SMILES string of the molecule is Cc1nc2cnc3c(ccn3S(=O)(=O)c3ccccc3)c2n1C1CCC(N2CCC(O)C2)CC1. The van der Waals surface area contributed by atoms with Crippen LogP contribution in [0.4, 0.5) is 0 Å². The van der Waals surface area contributed by atoms with Gasteiger partial charge in [0, 0.05) is 36.8 Å². The smallest absolute Gasteiger partial charge is 0.269 e. The van der Waals surface area contributed by atoms with Gasteiger partial charge in [-0.2, -0.15) is 0 Å². The molecule has 1 unspecified atom stereocenters. The zero-order valence-corrected chi connectivity index (χ0v) is 20.0. The highest BCUT2D eigenvalue weighted by Gasteiger charge is 2.32. The van der Waals surface area contributed by atoms with Gasteiger partial charge in [-0.05, 0) is 57.2 Å². The molecule has 1 aliphatic carbocycles. The van der Waals surface area contributed by atoms with Crippen molar-refractivity contribution in [3.63, 3.8) is 0 Å². The minimum absolute atomic E-state index is 0.186. The summed E-state index contributed by atoms with van der Waals surface area (Å²) in [5, 5.41) is 10.7. The fourth-order valence-electron chi connectivity index (χ4n) is 5.89. The number of benzene rings is 1. The first-order chi connectivity index (χ1) is 16.4. The van der Waals surface area contributed by atoms with Crippen LogP contribution in [-0.2, 0) is 10.0 Å². The van der Waals surface area contributed by atoms with Crippen LogP contribution in [0.15, 0.2) is 53.7 Å². The van der Waals surface area contributed by atoms with Gasteiger partial charge in [0.05, 0.1) is 22.7 Å². The van der Waals surface area contributed by atoms with Crippen LogP contribution in [0.1, 0.15) is 44.0 Å². The zero-order chi connectivity index (χ0) is 23.4. The van der Waals surface area contributed by atoms with E-state index >= 15 is 0 Å². The number of aromatic nitrogens is 4. The Labute approximate surface area is 198 Å². The molecule has 3 aromatic heterocycles. The standard InChI is InChI=1S/C25H29N5O3S/c1-17-27-23-15-26-25-22(12-14-29(25)34(32,33)21-5-3-2-4-6-21)24(23)30(17)19-9-7-18(8-10-19)28-13-11-20(31)16-28/h2-6,12,14-15,18-20,31H,7-11,13,16H2,1H3. The predicted octanol–water partition coefficient (Wildman–Crippen LogP) is 3.48. The normalized spacial score (nSPS) is 24.4. The Morgan fingerprint density at radius 3 is 2.44 bits per heavy atom. The lowest BCUT2D eigenvalue weighted by atomic mass is 9.90.